The number of fused-ring (bicyclic) bond motifs is 5. The van der Waals surface area contributed by atoms with E-state index in [0.717, 1.165) is 23.5 Å². The predicted octanol–water partition coefficient (Wildman–Crippen LogP) is 2.28. The molecule has 4 atom stereocenters. The zero-order chi connectivity index (χ0) is 16.1. The van der Waals surface area contributed by atoms with Gasteiger partial charge in [0.2, 0.25) is 5.91 Å². The number of carbonyl (C=O) groups excluding carboxylic acids is 1. The molecule has 0 radical (unpaired) electrons. The highest BCUT2D eigenvalue weighted by atomic mass is 32.1. The van der Waals surface area contributed by atoms with Crippen LogP contribution in [0.15, 0.2) is 0 Å². The van der Waals surface area contributed by atoms with Crippen LogP contribution in [0.5, 0.6) is 0 Å². The van der Waals surface area contributed by atoms with Crippen LogP contribution in [0.4, 0.5) is 5.00 Å². The zero-order valence-electron chi connectivity index (χ0n) is 13.5. The summed E-state index contributed by atoms with van der Waals surface area (Å²) in [7, 11) is 0. The normalized spacial score (nSPS) is 32.0. The van der Waals surface area contributed by atoms with Crippen LogP contribution in [0.2, 0.25) is 0 Å². The fraction of sp³-hybridized carbons (Fsp3) is 0.647. The van der Waals surface area contributed by atoms with Gasteiger partial charge in [-0.15, -0.1) is 11.3 Å². The Hall–Kier alpha value is -1.42. The Morgan fingerprint density at radius 3 is 2.61 bits per heavy atom. The largest absolute Gasteiger partial charge is 0.374 e. The van der Waals surface area contributed by atoms with Crippen molar-refractivity contribution in [1.82, 2.24) is 4.90 Å². The van der Waals surface area contributed by atoms with Crippen LogP contribution in [0.3, 0.4) is 0 Å². The Balaban J connectivity index is 1.38. The summed E-state index contributed by atoms with van der Waals surface area (Å²) in [6, 6.07) is 2.20. The van der Waals surface area contributed by atoms with E-state index in [0.29, 0.717) is 41.2 Å². The number of nitriles is 1. The van der Waals surface area contributed by atoms with Crippen molar-refractivity contribution in [2.75, 3.05) is 25.0 Å². The Morgan fingerprint density at radius 2 is 2.00 bits per heavy atom. The number of aryl methyl sites for hydroxylation is 1. The number of hydrogen-bond donors (Lipinski definition) is 1. The number of hydrogen-bond acceptors (Lipinski definition) is 5. The number of amides is 1. The number of anilines is 1. The predicted molar refractivity (Wildman–Crippen MR) is 88.5 cm³/mol. The molecule has 5 nitrogen and oxygen atoms in total. The summed E-state index contributed by atoms with van der Waals surface area (Å²) in [5.74, 6) is 1.21. The number of rotatable bonds is 3. The van der Waals surface area contributed by atoms with E-state index in [1.807, 2.05) is 13.8 Å². The van der Waals surface area contributed by atoms with Gasteiger partial charge in [-0.1, -0.05) is 0 Å². The van der Waals surface area contributed by atoms with Crippen LogP contribution in [-0.4, -0.2) is 42.6 Å². The second-order valence-electron chi connectivity index (χ2n) is 6.96. The van der Waals surface area contributed by atoms with Crippen molar-refractivity contribution in [3.8, 4) is 6.07 Å². The molecule has 122 valence electrons. The van der Waals surface area contributed by atoms with Crippen molar-refractivity contribution < 1.29 is 9.53 Å². The van der Waals surface area contributed by atoms with Crippen LogP contribution in [0, 0.1) is 37.0 Å². The summed E-state index contributed by atoms with van der Waals surface area (Å²) >= 11 is 1.49. The maximum Gasteiger partial charge on any atom is 0.239 e. The van der Waals surface area contributed by atoms with E-state index in [2.05, 4.69) is 16.3 Å². The molecule has 0 aromatic carbocycles. The summed E-state index contributed by atoms with van der Waals surface area (Å²) in [5.41, 5.74) is 1.57. The quantitative estimate of drug-likeness (QED) is 0.923. The van der Waals surface area contributed by atoms with E-state index >= 15 is 0 Å². The van der Waals surface area contributed by atoms with Crippen LogP contribution < -0.4 is 5.32 Å². The second kappa shape index (κ2) is 5.59. The summed E-state index contributed by atoms with van der Waals surface area (Å²) in [6.45, 7) is 6.25. The molecule has 1 aromatic rings. The first-order valence-electron chi connectivity index (χ1n) is 8.24. The Kier molecular flexibility index (Phi) is 3.67. The summed E-state index contributed by atoms with van der Waals surface area (Å²) in [5, 5.41) is 12.9. The number of ether oxygens (including phenoxy) is 1. The van der Waals surface area contributed by atoms with Crippen LogP contribution in [0.1, 0.15) is 28.8 Å². The molecule has 3 aliphatic heterocycles. The van der Waals surface area contributed by atoms with E-state index < -0.39 is 0 Å². The monoisotopic (exact) mass is 331 g/mol. The van der Waals surface area contributed by atoms with Gasteiger partial charge in [0.15, 0.2) is 0 Å². The van der Waals surface area contributed by atoms with E-state index in [1.165, 1.54) is 24.2 Å². The number of nitrogens with zero attached hydrogens (tertiary/aromatic N) is 2. The molecule has 1 amide bonds. The molecule has 3 saturated heterocycles. The van der Waals surface area contributed by atoms with Gasteiger partial charge < -0.3 is 10.1 Å². The van der Waals surface area contributed by atoms with E-state index in [4.69, 9.17) is 4.74 Å². The van der Waals surface area contributed by atoms with Gasteiger partial charge in [0, 0.05) is 29.8 Å². The van der Waals surface area contributed by atoms with Gasteiger partial charge in [-0.3, -0.25) is 9.69 Å². The van der Waals surface area contributed by atoms with E-state index in [9.17, 15) is 10.1 Å². The lowest BCUT2D eigenvalue weighted by Crippen LogP contribution is -2.33. The van der Waals surface area contributed by atoms with Crippen molar-refractivity contribution in [3.63, 3.8) is 0 Å². The smallest absolute Gasteiger partial charge is 0.239 e. The molecule has 1 aromatic heterocycles. The van der Waals surface area contributed by atoms with Gasteiger partial charge in [0.05, 0.1) is 24.3 Å². The lowest BCUT2D eigenvalue weighted by Gasteiger charge is -2.18. The summed E-state index contributed by atoms with van der Waals surface area (Å²) in [4.78, 5) is 15.7. The van der Waals surface area contributed by atoms with Gasteiger partial charge in [-0.2, -0.15) is 5.26 Å². The molecular formula is C17H21N3O2S. The van der Waals surface area contributed by atoms with E-state index in [-0.39, 0.29) is 5.91 Å². The Bertz CT molecular complexity index is 675. The highest BCUT2D eigenvalue weighted by molar-refractivity contribution is 7.16. The topological polar surface area (TPSA) is 65.4 Å². The molecule has 3 aliphatic rings. The molecule has 4 rings (SSSR count). The second-order valence-corrected chi connectivity index (χ2v) is 8.18. The van der Waals surface area contributed by atoms with Gasteiger partial charge in [-0.25, -0.2) is 0 Å². The minimum atomic E-state index is -0.0176. The molecule has 0 aliphatic carbocycles. The van der Waals surface area contributed by atoms with E-state index in [1.54, 1.807) is 0 Å². The highest BCUT2D eigenvalue weighted by Crippen LogP contribution is 2.47. The third-order valence-corrected chi connectivity index (χ3v) is 6.77. The van der Waals surface area contributed by atoms with Gasteiger partial charge in [0.1, 0.15) is 11.1 Å². The fourth-order valence-electron chi connectivity index (χ4n) is 4.40. The maximum absolute atomic E-state index is 12.4. The highest BCUT2D eigenvalue weighted by Gasteiger charge is 2.52. The molecule has 2 bridgehead atoms. The van der Waals surface area contributed by atoms with Crippen molar-refractivity contribution in [2.45, 2.75) is 38.9 Å². The third-order valence-electron chi connectivity index (χ3n) is 5.65. The maximum atomic E-state index is 12.4. The Morgan fingerprint density at radius 1 is 1.35 bits per heavy atom. The first-order valence-corrected chi connectivity index (χ1v) is 9.06. The SMILES string of the molecule is Cc1sc(NC(=O)CN2C[C@@H]3[C@H](C2)[C@H]2CC[C@H]3O2)c(C#N)c1C. The lowest BCUT2D eigenvalue weighted by molar-refractivity contribution is -0.117. The molecular weight excluding hydrogens is 310 g/mol. The fourth-order valence-corrected chi connectivity index (χ4v) is 5.42. The molecule has 0 unspecified atom stereocenters. The van der Waals surface area contributed by atoms with Gasteiger partial charge in [-0.05, 0) is 32.3 Å². The summed E-state index contributed by atoms with van der Waals surface area (Å²) < 4.78 is 5.97. The molecule has 1 N–H and O–H groups in total. The van der Waals surface area contributed by atoms with Crippen LogP contribution >= 0.6 is 11.3 Å². The molecule has 0 saturated carbocycles. The first kappa shape index (κ1) is 15.1. The lowest BCUT2D eigenvalue weighted by atomic mass is 9.82. The van der Waals surface area contributed by atoms with Crippen LogP contribution in [0.25, 0.3) is 0 Å². The molecule has 4 heterocycles. The number of carbonyl (C=O) groups is 1. The standard InChI is InChI=1S/C17H21N3O2S/c1-9-10(2)23-17(11(9)5-18)19-16(21)8-20-6-12-13(7-20)15-4-3-14(12)22-15/h12-15H,3-4,6-8H2,1-2H3,(H,19,21)/t12-,13+,14-,15-/m1/s1. The molecule has 23 heavy (non-hydrogen) atoms. The minimum Gasteiger partial charge on any atom is -0.374 e. The van der Waals surface area contributed by atoms with Gasteiger partial charge >= 0.3 is 0 Å². The van der Waals surface area contributed by atoms with Crippen molar-refractivity contribution in [2.24, 2.45) is 11.8 Å². The van der Waals surface area contributed by atoms with Gasteiger partial charge in [0.25, 0.3) is 0 Å². The molecule has 0 spiro atoms. The number of nitrogens with one attached hydrogen (secondary N) is 1. The Labute approximate surface area is 140 Å². The van der Waals surface area contributed by atoms with Crippen molar-refractivity contribution in [1.29, 1.82) is 5.26 Å². The molecule has 6 heteroatoms. The average Bonchev–Trinajstić information content (AvgIpc) is 3.22. The van der Waals surface area contributed by atoms with Crippen molar-refractivity contribution >= 4 is 22.2 Å². The first-order chi connectivity index (χ1) is 11.1. The average molecular weight is 331 g/mol. The van der Waals surface area contributed by atoms with Crippen molar-refractivity contribution in [3.05, 3.63) is 16.0 Å². The number of likely N-dealkylation sites (tertiary alicyclic amines) is 1. The summed E-state index contributed by atoms with van der Waals surface area (Å²) in [6.07, 6.45) is 3.22. The van der Waals surface area contributed by atoms with Crippen LogP contribution in [-0.2, 0) is 9.53 Å². The number of thiophene rings is 1. The zero-order valence-corrected chi connectivity index (χ0v) is 14.3. The third kappa shape index (κ3) is 2.47. The molecule has 3 fully saturated rings. The minimum absolute atomic E-state index is 0.0176.